The Morgan fingerprint density at radius 2 is 1.55 bits per heavy atom. The molecule has 1 heterocycles. The molecular formula is C22H21Cl2F3N2O4. The molecule has 0 aliphatic carbocycles. The number of esters is 2. The van der Waals surface area contributed by atoms with Crippen LogP contribution in [0.3, 0.4) is 0 Å². The minimum atomic E-state index is -5.09. The number of nitrogens with zero attached hydrogens (tertiary/aromatic N) is 1. The van der Waals surface area contributed by atoms with Crippen LogP contribution in [0.4, 0.5) is 13.2 Å². The van der Waals surface area contributed by atoms with Crippen molar-refractivity contribution in [3.8, 4) is 0 Å². The lowest BCUT2D eigenvalue weighted by Crippen LogP contribution is -2.57. The van der Waals surface area contributed by atoms with E-state index < -0.39 is 30.3 Å². The summed E-state index contributed by atoms with van der Waals surface area (Å²) in [6.07, 6.45) is -8.08. The van der Waals surface area contributed by atoms with Crippen molar-refractivity contribution in [3.63, 3.8) is 0 Å². The predicted molar refractivity (Wildman–Crippen MR) is 116 cm³/mol. The average Bonchev–Trinajstić information content (AvgIpc) is 2.79. The summed E-state index contributed by atoms with van der Waals surface area (Å²) in [7, 11) is 0.790. The smallest absolute Gasteiger partial charge is 0.436 e. The number of methoxy groups -OCH3 is 1. The van der Waals surface area contributed by atoms with Crippen molar-refractivity contribution >= 4 is 35.1 Å². The maximum absolute atomic E-state index is 13.2. The second kappa shape index (κ2) is 10.7. The monoisotopic (exact) mass is 504 g/mol. The van der Waals surface area contributed by atoms with Gasteiger partial charge in [-0.3, -0.25) is 9.69 Å². The van der Waals surface area contributed by atoms with Crippen molar-refractivity contribution in [1.82, 2.24) is 10.2 Å². The van der Waals surface area contributed by atoms with Gasteiger partial charge < -0.3 is 14.8 Å². The van der Waals surface area contributed by atoms with Crippen LogP contribution in [0.25, 0.3) is 0 Å². The molecule has 2 aromatic carbocycles. The Labute approximate surface area is 198 Å². The van der Waals surface area contributed by atoms with Crippen molar-refractivity contribution in [3.05, 3.63) is 69.7 Å². The van der Waals surface area contributed by atoms with Crippen molar-refractivity contribution in [2.24, 2.45) is 0 Å². The molecule has 0 saturated carbocycles. The van der Waals surface area contributed by atoms with Crippen LogP contribution in [0, 0.1) is 0 Å². The highest BCUT2D eigenvalue weighted by Gasteiger charge is 2.50. The highest BCUT2D eigenvalue weighted by molar-refractivity contribution is 6.30. The van der Waals surface area contributed by atoms with Gasteiger partial charge in [0.15, 0.2) is 0 Å². The van der Waals surface area contributed by atoms with Crippen LogP contribution < -0.4 is 5.32 Å². The first-order valence-electron chi connectivity index (χ1n) is 9.93. The van der Waals surface area contributed by atoms with E-state index in [0.717, 1.165) is 18.2 Å². The molecule has 2 atom stereocenters. The number of halogens is 5. The number of benzene rings is 2. The summed E-state index contributed by atoms with van der Waals surface area (Å²) in [5.41, 5.74) is 1.75. The Morgan fingerprint density at radius 1 is 1.03 bits per heavy atom. The second-order valence-electron chi connectivity index (χ2n) is 7.39. The second-order valence-corrected chi connectivity index (χ2v) is 8.26. The van der Waals surface area contributed by atoms with E-state index in [1.54, 1.807) is 24.3 Å². The van der Waals surface area contributed by atoms with Gasteiger partial charge in [0.25, 0.3) is 6.10 Å². The van der Waals surface area contributed by atoms with Crippen LogP contribution in [0.1, 0.15) is 17.2 Å². The van der Waals surface area contributed by atoms with E-state index in [9.17, 15) is 22.8 Å². The lowest BCUT2D eigenvalue weighted by atomic mass is 9.95. The topological polar surface area (TPSA) is 67.9 Å². The third-order valence-corrected chi connectivity index (χ3v) is 5.68. The molecule has 1 aliphatic heterocycles. The number of alkyl halides is 3. The molecular weight excluding hydrogens is 484 g/mol. The maximum Gasteiger partial charge on any atom is 0.436 e. The van der Waals surface area contributed by atoms with Gasteiger partial charge in [0.1, 0.15) is 6.04 Å². The molecule has 0 radical (unpaired) electrons. The van der Waals surface area contributed by atoms with Gasteiger partial charge in [-0.05, 0) is 35.4 Å². The molecule has 11 heteroatoms. The number of piperazine rings is 1. The van der Waals surface area contributed by atoms with E-state index >= 15 is 0 Å². The summed E-state index contributed by atoms with van der Waals surface area (Å²) < 4.78 is 48.2. The lowest BCUT2D eigenvalue weighted by molar-refractivity contribution is -0.229. The first kappa shape index (κ1) is 25.3. The van der Waals surface area contributed by atoms with Crippen molar-refractivity contribution in [2.45, 2.75) is 24.4 Å². The van der Waals surface area contributed by atoms with Crippen LogP contribution in [-0.4, -0.2) is 61.9 Å². The molecule has 1 saturated heterocycles. The molecule has 1 aliphatic rings. The summed E-state index contributed by atoms with van der Waals surface area (Å²) >= 11 is 12.0. The van der Waals surface area contributed by atoms with E-state index in [1.165, 1.54) is 0 Å². The number of ether oxygens (including phenoxy) is 2. The van der Waals surface area contributed by atoms with Crippen LogP contribution in [0.2, 0.25) is 10.0 Å². The first-order valence-corrected chi connectivity index (χ1v) is 10.7. The molecule has 33 heavy (non-hydrogen) atoms. The largest absolute Gasteiger partial charge is 0.466 e. The summed E-state index contributed by atoms with van der Waals surface area (Å²) in [5.74, 6) is -2.89. The Balaban J connectivity index is 1.84. The molecule has 2 unspecified atom stereocenters. The molecule has 0 bridgehead atoms. The fourth-order valence-corrected chi connectivity index (χ4v) is 3.88. The van der Waals surface area contributed by atoms with Gasteiger partial charge in [-0.1, -0.05) is 47.5 Å². The molecule has 0 spiro atoms. The Bertz CT molecular complexity index is 926. The van der Waals surface area contributed by atoms with E-state index in [1.807, 2.05) is 29.2 Å². The number of nitrogens with one attached hydrogen (secondary N) is 1. The Hall–Kier alpha value is -2.33. The van der Waals surface area contributed by atoms with Crippen LogP contribution in [0.5, 0.6) is 0 Å². The minimum absolute atomic E-state index is 0.0422. The molecule has 1 fully saturated rings. The minimum Gasteiger partial charge on any atom is -0.466 e. The number of carbonyl (C=O) groups is 2. The zero-order chi connectivity index (χ0) is 24.2. The standard InChI is InChI=1S/C22H21Cl2F3N2O4/c1-32-21(31)19(22(25,26)27)33-20(30)17-12-29(11-10-28-17)18(13-2-6-15(23)7-3-13)14-4-8-16(24)9-5-14/h2-9,17-19,28H,10-12H2,1H3. The predicted octanol–water partition coefficient (Wildman–Crippen LogP) is 4.00. The van der Waals surface area contributed by atoms with E-state index in [4.69, 9.17) is 23.2 Å². The van der Waals surface area contributed by atoms with Gasteiger partial charge in [-0.25, -0.2) is 4.79 Å². The normalized spacial score (nSPS) is 18.1. The molecule has 0 aromatic heterocycles. The Kier molecular flexibility index (Phi) is 8.23. The SMILES string of the molecule is COC(=O)C(OC(=O)C1CN(C(c2ccc(Cl)cc2)c2ccc(Cl)cc2)CCN1)C(F)(F)F. The molecule has 2 aromatic rings. The number of hydrogen-bond donors (Lipinski definition) is 1. The number of rotatable bonds is 6. The molecule has 6 nitrogen and oxygen atoms in total. The Morgan fingerprint density at radius 3 is 2.00 bits per heavy atom. The van der Waals surface area contributed by atoms with Crippen molar-refractivity contribution in [2.75, 3.05) is 26.7 Å². The van der Waals surface area contributed by atoms with Gasteiger partial charge in [-0.2, -0.15) is 13.2 Å². The van der Waals surface area contributed by atoms with Crippen LogP contribution in [0.15, 0.2) is 48.5 Å². The fourth-order valence-electron chi connectivity index (χ4n) is 3.62. The molecule has 1 N–H and O–H groups in total. The molecule has 178 valence electrons. The van der Waals surface area contributed by atoms with Gasteiger partial charge in [0.05, 0.1) is 13.2 Å². The van der Waals surface area contributed by atoms with Crippen LogP contribution >= 0.6 is 23.2 Å². The van der Waals surface area contributed by atoms with E-state index in [-0.39, 0.29) is 12.6 Å². The number of carbonyl (C=O) groups excluding carboxylic acids is 2. The summed E-state index contributed by atoms with van der Waals surface area (Å²) in [4.78, 5) is 26.0. The van der Waals surface area contributed by atoms with Crippen molar-refractivity contribution < 1.29 is 32.2 Å². The third kappa shape index (κ3) is 6.38. The fraction of sp³-hybridized carbons (Fsp3) is 0.364. The highest BCUT2D eigenvalue weighted by atomic mass is 35.5. The van der Waals surface area contributed by atoms with Crippen LogP contribution in [-0.2, 0) is 19.1 Å². The van der Waals surface area contributed by atoms with Gasteiger partial charge in [-0.15, -0.1) is 0 Å². The zero-order valence-corrected chi connectivity index (χ0v) is 19.0. The average molecular weight is 505 g/mol. The van der Waals surface area contributed by atoms with Gasteiger partial charge >= 0.3 is 18.1 Å². The zero-order valence-electron chi connectivity index (χ0n) is 17.4. The van der Waals surface area contributed by atoms with Crippen molar-refractivity contribution in [1.29, 1.82) is 0 Å². The lowest BCUT2D eigenvalue weighted by Gasteiger charge is -2.38. The van der Waals surface area contributed by atoms with E-state index in [2.05, 4.69) is 14.8 Å². The quantitative estimate of drug-likeness (QED) is 0.599. The number of hydrogen-bond acceptors (Lipinski definition) is 6. The summed E-state index contributed by atoms with van der Waals surface area (Å²) in [5, 5.41) is 3.97. The van der Waals surface area contributed by atoms with E-state index in [0.29, 0.717) is 23.1 Å². The summed E-state index contributed by atoms with van der Waals surface area (Å²) in [6.45, 7) is 0.853. The van der Waals surface area contributed by atoms with Gasteiger partial charge in [0, 0.05) is 29.7 Å². The highest BCUT2D eigenvalue weighted by Crippen LogP contribution is 2.32. The molecule has 0 amide bonds. The summed E-state index contributed by atoms with van der Waals surface area (Å²) in [6, 6.07) is 12.9. The maximum atomic E-state index is 13.2. The molecule has 3 rings (SSSR count). The third-order valence-electron chi connectivity index (χ3n) is 5.17. The first-order chi connectivity index (χ1) is 15.6. The van der Waals surface area contributed by atoms with Gasteiger partial charge in [0.2, 0.25) is 0 Å².